The van der Waals surface area contributed by atoms with Crippen LogP contribution in [0.2, 0.25) is 0 Å². The highest BCUT2D eigenvalue weighted by atomic mass is 16.4. The van der Waals surface area contributed by atoms with Crippen LogP contribution >= 0.6 is 0 Å². The van der Waals surface area contributed by atoms with E-state index < -0.39 is 47.8 Å². The Balaban J connectivity index is 1.32. The molecule has 16 N–H and O–H groups in total. The molecule has 0 spiro atoms. The van der Waals surface area contributed by atoms with Crippen LogP contribution in [0, 0.1) is 0 Å². The molecule has 0 amide bonds. The summed E-state index contributed by atoms with van der Waals surface area (Å²) in [6, 6.07) is 24.4. The van der Waals surface area contributed by atoms with E-state index in [-0.39, 0.29) is 289 Å². The monoisotopic (exact) mass is 1420 g/mol. The molecule has 0 saturated carbocycles. The van der Waals surface area contributed by atoms with Crippen LogP contribution in [0.5, 0.6) is 46.0 Å². The molecule has 24 nitrogen and oxygen atoms in total. The van der Waals surface area contributed by atoms with Crippen LogP contribution in [0.4, 0.5) is 0 Å². The Morgan fingerprint density at radius 3 is 0.317 bits per heavy atom. The topological polar surface area (TPSA) is 460 Å². The van der Waals surface area contributed by atoms with E-state index in [0.29, 0.717) is 44.5 Å². The molecular formula is C80H80O24. The van der Waals surface area contributed by atoms with E-state index in [9.17, 15) is 120 Å². The summed E-state index contributed by atoms with van der Waals surface area (Å²) in [6.07, 6.45) is -6.24. The van der Waals surface area contributed by atoms with Crippen molar-refractivity contribution in [3.05, 3.63) is 231 Å². The molecule has 0 aromatic heterocycles. The van der Waals surface area contributed by atoms with Gasteiger partial charge in [-0.2, -0.15) is 0 Å². The summed E-state index contributed by atoms with van der Waals surface area (Å²) < 4.78 is 0. The molecule has 544 valence electrons. The van der Waals surface area contributed by atoms with Crippen LogP contribution in [0.15, 0.2) is 97.1 Å². The van der Waals surface area contributed by atoms with Crippen LogP contribution in [0.3, 0.4) is 0 Å². The molecule has 24 heteroatoms. The van der Waals surface area contributed by atoms with E-state index >= 15 is 0 Å². The lowest BCUT2D eigenvalue weighted by Crippen LogP contribution is -2.06. The van der Waals surface area contributed by atoms with Crippen molar-refractivity contribution in [1.29, 1.82) is 0 Å². The average Bonchev–Trinajstić information content (AvgIpc) is 0.796. The number of carbonyl (C=O) groups is 8. The van der Waals surface area contributed by atoms with Gasteiger partial charge < -0.3 is 81.7 Å². The lowest BCUT2D eigenvalue weighted by Gasteiger charge is -2.20. The molecule has 0 saturated heterocycles. The second-order valence-corrected chi connectivity index (χ2v) is 26.7. The number of aromatic hydroxyl groups is 8. The average molecular weight is 1430 g/mol. The number of aryl methyl sites for hydroxylation is 8. The SMILES string of the molecule is O=C(O)CCc1cc2c(O)c(c1)Cc1cc(CCC(=O)O)cc(c1O)Cc1cc(CCC(=O)O)cc(c1O)Cc1cc(CCC(=O)O)cc(c1O)Cc1cc(CCC(=O)O)cc(c1O)Cc1cc(CCC(=O)O)cc(c1O)Cc1cc(CCC(=O)O)cc(c1O)Cc1cc(CCC(=O)O)cc(c1O)C2. The van der Waals surface area contributed by atoms with Gasteiger partial charge in [-0.1, -0.05) is 97.1 Å². The zero-order valence-electron chi connectivity index (χ0n) is 56.6. The molecule has 0 atom stereocenters. The second kappa shape index (κ2) is 33.6. The maximum Gasteiger partial charge on any atom is 0.303 e. The van der Waals surface area contributed by atoms with Gasteiger partial charge in [-0.05, 0) is 185 Å². The molecular weight excluding hydrogens is 1340 g/mol. The lowest BCUT2D eigenvalue weighted by molar-refractivity contribution is -0.138. The van der Waals surface area contributed by atoms with Gasteiger partial charge in [-0.25, -0.2) is 0 Å². The number of fused-ring (bicyclic) bond motifs is 16. The Hall–Kier alpha value is -12.1. The molecule has 0 heterocycles. The molecule has 1 aliphatic rings. The van der Waals surface area contributed by atoms with Crippen LogP contribution < -0.4 is 0 Å². The minimum atomic E-state index is -1.17. The van der Waals surface area contributed by atoms with E-state index in [1.54, 1.807) is 0 Å². The second-order valence-electron chi connectivity index (χ2n) is 26.7. The highest BCUT2D eigenvalue weighted by Gasteiger charge is 2.26. The molecule has 8 aromatic carbocycles. The maximum absolute atomic E-state index is 12.5. The Kier molecular flexibility index (Phi) is 24.6. The molecule has 16 bridgehead atoms. The van der Waals surface area contributed by atoms with Gasteiger partial charge in [-0.3, -0.25) is 38.4 Å². The van der Waals surface area contributed by atoms with Crippen molar-refractivity contribution < 1.29 is 120 Å². The highest BCUT2D eigenvalue weighted by molar-refractivity contribution is 5.72. The predicted octanol–water partition coefficient (Wildman–Crippen LogP) is 10.5. The van der Waals surface area contributed by atoms with Crippen LogP contribution in [0.1, 0.15) is 185 Å². The van der Waals surface area contributed by atoms with Crippen molar-refractivity contribution in [3.8, 4) is 46.0 Å². The molecule has 1 aliphatic carbocycles. The quantitative estimate of drug-likeness (QED) is 0.0267. The smallest absolute Gasteiger partial charge is 0.303 e. The number of rotatable bonds is 24. The van der Waals surface area contributed by atoms with Crippen molar-refractivity contribution in [2.45, 2.75) is 154 Å². The first kappa shape index (κ1) is 76.1. The highest BCUT2D eigenvalue weighted by Crippen LogP contribution is 2.43. The number of aliphatic carboxylic acids is 8. The molecule has 0 radical (unpaired) electrons. The number of carboxylic acid groups (broad SMARTS) is 8. The Morgan fingerprint density at radius 2 is 0.250 bits per heavy atom. The van der Waals surface area contributed by atoms with Gasteiger partial charge in [0.15, 0.2) is 0 Å². The first-order valence-corrected chi connectivity index (χ1v) is 33.8. The van der Waals surface area contributed by atoms with Gasteiger partial charge in [-0.15, -0.1) is 0 Å². The Bertz CT molecular complexity index is 3650. The Labute approximate surface area is 596 Å². The van der Waals surface area contributed by atoms with Crippen LogP contribution in [-0.4, -0.2) is 129 Å². The number of hydrogen-bond donors (Lipinski definition) is 16. The van der Waals surface area contributed by atoms with Crippen LogP contribution in [0.25, 0.3) is 0 Å². The predicted molar refractivity (Wildman–Crippen MR) is 375 cm³/mol. The molecule has 8 aromatic rings. The standard InChI is InChI=1S/C80H80O24/c81-65(82)9-1-41-17-49-33-51-19-42(2-10-66(83)84)21-53(74(51)98)35-55-23-44(4-12-68(87)88)25-57(76(55)100)37-59-27-46(6-14-70(91)92)29-61(78(59)102)39-63-31-48(8-16-72(95)96)32-64(80(63)104)40-62-30-47(7-15-71(93)94)28-60(79(62)103)38-58-26-45(5-13-69(89)90)24-56(77(58)101)36-54-22-43(3-11-67(85)86)20-52(75(54)99)34-50(18-41)73(49)97/h17-32,97-104H,1-16,33-40H2,(H,81,82)(H,83,84)(H,85,86)(H,87,88)(H,89,90)(H,91,92)(H,93,94)(H,95,96). The van der Waals surface area contributed by atoms with E-state index in [4.69, 9.17) is 0 Å². The molecule has 0 fully saturated rings. The minimum absolute atomic E-state index is 0.0907. The van der Waals surface area contributed by atoms with Gasteiger partial charge in [0.2, 0.25) is 0 Å². The van der Waals surface area contributed by atoms with Crippen molar-refractivity contribution in [2.24, 2.45) is 0 Å². The van der Waals surface area contributed by atoms with Crippen LogP contribution in [-0.2, 0) is 141 Å². The fourth-order valence-electron chi connectivity index (χ4n) is 13.6. The largest absolute Gasteiger partial charge is 0.507 e. The molecule has 9 rings (SSSR count). The summed E-state index contributed by atoms with van der Waals surface area (Å²) in [6.45, 7) is 0. The van der Waals surface area contributed by atoms with Gasteiger partial charge in [0.1, 0.15) is 46.0 Å². The first-order valence-electron chi connectivity index (χ1n) is 33.8. The fraction of sp³-hybridized carbons (Fsp3) is 0.300. The summed E-state index contributed by atoms with van der Waals surface area (Å²) in [4.78, 5) is 97.0. The third-order valence-corrected chi connectivity index (χ3v) is 18.7. The molecule has 0 unspecified atom stereocenters. The summed E-state index contributed by atoms with van der Waals surface area (Å²) in [5.74, 6) is -12.4. The summed E-state index contributed by atoms with van der Waals surface area (Å²) in [5, 5.41) is 179. The van der Waals surface area contributed by atoms with E-state index in [0.717, 1.165) is 0 Å². The third kappa shape index (κ3) is 20.1. The van der Waals surface area contributed by atoms with Crippen molar-refractivity contribution in [1.82, 2.24) is 0 Å². The number of phenolic OH excluding ortho intramolecular Hbond substituents is 8. The summed E-state index contributed by atoms with van der Waals surface area (Å²) >= 11 is 0. The zero-order chi connectivity index (χ0) is 75.4. The molecule has 0 aliphatic heterocycles. The van der Waals surface area contributed by atoms with Crippen molar-refractivity contribution >= 4 is 47.8 Å². The summed E-state index contributed by atoms with van der Waals surface area (Å²) in [7, 11) is 0. The number of carboxylic acids is 8. The number of hydrogen-bond acceptors (Lipinski definition) is 16. The first-order chi connectivity index (χ1) is 49.3. The third-order valence-electron chi connectivity index (χ3n) is 18.7. The van der Waals surface area contributed by atoms with Gasteiger partial charge >= 0.3 is 47.8 Å². The van der Waals surface area contributed by atoms with Gasteiger partial charge in [0.05, 0.1) is 0 Å². The van der Waals surface area contributed by atoms with E-state index in [2.05, 4.69) is 0 Å². The Morgan fingerprint density at radius 1 is 0.173 bits per heavy atom. The van der Waals surface area contributed by atoms with E-state index in [1.807, 2.05) is 0 Å². The van der Waals surface area contributed by atoms with Gasteiger partial charge in [0, 0.05) is 103 Å². The van der Waals surface area contributed by atoms with Crippen molar-refractivity contribution in [3.63, 3.8) is 0 Å². The van der Waals surface area contributed by atoms with E-state index in [1.165, 1.54) is 97.1 Å². The maximum atomic E-state index is 12.5. The fourth-order valence-corrected chi connectivity index (χ4v) is 13.6. The zero-order valence-corrected chi connectivity index (χ0v) is 56.6. The number of phenols is 8. The lowest BCUT2D eigenvalue weighted by atomic mass is 9.87. The summed E-state index contributed by atoms with van der Waals surface area (Å²) in [5.41, 5.74) is 5.06. The van der Waals surface area contributed by atoms with Gasteiger partial charge in [0.25, 0.3) is 0 Å². The van der Waals surface area contributed by atoms with Crippen molar-refractivity contribution in [2.75, 3.05) is 0 Å². The number of benzene rings is 8. The normalized spacial score (nSPS) is 12.3. The minimum Gasteiger partial charge on any atom is -0.507 e. The molecule has 104 heavy (non-hydrogen) atoms.